The van der Waals surface area contributed by atoms with Gasteiger partial charge in [0.15, 0.2) is 0 Å². The van der Waals surface area contributed by atoms with Crippen molar-refractivity contribution >= 4 is 27.2 Å². The predicted octanol–water partition coefficient (Wildman–Crippen LogP) is 3.51. The quantitative estimate of drug-likeness (QED) is 0.782. The zero-order valence-electron chi connectivity index (χ0n) is 10.2. The minimum absolute atomic E-state index is 0.552. The molecular weight excluding hydrogens is 246 g/mol. The minimum Gasteiger partial charge on any atom is -0.444 e. The Morgan fingerprint density at radius 3 is 3.00 bits per heavy atom. The lowest BCUT2D eigenvalue weighted by Gasteiger charge is -2.03. The summed E-state index contributed by atoms with van der Waals surface area (Å²) in [5.41, 5.74) is 0.938. The number of hydrogen-bond acceptors (Lipinski definition) is 5. The predicted molar refractivity (Wildman–Crippen MR) is 72.9 cm³/mol. The molecule has 0 saturated heterocycles. The maximum atomic E-state index is 5.53. The number of anilines is 1. The molecule has 18 heavy (non-hydrogen) atoms. The van der Waals surface area contributed by atoms with Crippen LogP contribution in [-0.4, -0.2) is 9.97 Å². The van der Waals surface area contributed by atoms with Crippen molar-refractivity contribution in [1.82, 2.24) is 9.97 Å². The van der Waals surface area contributed by atoms with E-state index in [1.54, 1.807) is 11.3 Å². The number of nitrogens with zero attached hydrogens (tertiary/aromatic N) is 2. The van der Waals surface area contributed by atoms with E-state index >= 15 is 0 Å². The smallest absolute Gasteiger partial charge is 0.213 e. The van der Waals surface area contributed by atoms with E-state index in [0.29, 0.717) is 12.4 Å². The van der Waals surface area contributed by atoms with E-state index in [0.717, 1.165) is 22.7 Å². The summed E-state index contributed by atoms with van der Waals surface area (Å²) in [7, 11) is 0. The number of fused-ring (bicyclic) bond motifs is 1. The molecule has 0 aromatic carbocycles. The van der Waals surface area contributed by atoms with Crippen LogP contribution in [0.2, 0.25) is 0 Å². The van der Waals surface area contributed by atoms with Gasteiger partial charge in [0.2, 0.25) is 5.89 Å². The highest BCUT2D eigenvalue weighted by atomic mass is 32.1. The highest BCUT2D eigenvalue weighted by Gasteiger charge is 2.07. The Hall–Kier alpha value is -1.88. The SMILES string of the molecule is Cc1nc(CNc2nccc3sccc23)oc1C. The first-order chi connectivity index (χ1) is 8.74. The number of aryl methyl sites for hydroxylation is 2. The topological polar surface area (TPSA) is 51.0 Å². The monoisotopic (exact) mass is 259 g/mol. The lowest BCUT2D eigenvalue weighted by molar-refractivity contribution is 0.478. The largest absolute Gasteiger partial charge is 0.444 e. The first-order valence-electron chi connectivity index (χ1n) is 5.73. The Labute approximate surface area is 109 Å². The van der Waals surface area contributed by atoms with Gasteiger partial charge in [-0.3, -0.25) is 0 Å². The van der Waals surface area contributed by atoms with Crippen molar-refractivity contribution in [2.45, 2.75) is 20.4 Å². The lowest BCUT2D eigenvalue weighted by Crippen LogP contribution is -2.01. The molecule has 92 valence electrons. The van der Waals surface area contributed by atoms with Crippen molar-refractivity contribution in [2.75, 3.05) is 5.32 Å². The molecule has 0 aliphatic carbocycles. The number of pyridine rings is 1. The van der Waals surface area contributed by atoms with Crippen LogP contribution in [0.25, 0.3) is 10.1 Å². The van der Waals surface area contributed by atoms with Crippen LogP contribution in [0.15, 0.2) is 28.1 Å². The van der Waals surface area contributed by atoms with E-state index < -0.39 is 0 Å². The zero-order chi connectivity index (χ0) is 12.5. The average molecular weight is 259 g/mol. The summed E-state index contributed by atoms with van der Waals surface area (Å²) in [6, 6.07) is 4.09. The molecule has 3 rings (SSSR count). The second kappa shape index (κ2) is 4.42. The number of aromatic nitrogens is 2. The van der Waals surface area contributed by atoms with Crippen LogP contribution < -0.4 is 5.32 Å². The second-order valence-electron chi connectivity index (χ2n) is 4.09. The Morgan fingerprint density at radius 1 is 1.33 bits per heavy atom. The molecule has 3 aromatic heterocycles. The molecule has 0 radical (unpaired) electrons. The summed E-state index contributed by atoms with van der Waals surface area (Å²) in [6.07, 6.45) is 1.81. The highest BCUT2D eigenvalue weighted by Crippen LogP contribution is 2.26. The molecule has 0 bridgehead atoms. The Balaban J connectivity index is 1.82. The standard InChI is InChI=1S/C13H13N3OS/c1-8-9(2)17-12(16-8)7-15-13-10-4-6-18-11(10)3-5-14-13/h3-6H,7H2,1-2H3,(H,14,15). The third-order valence-electron chi connectivity index (χ3n) is 2.86. The molecule has 0 saturated carbocycles. The van der Waals surface area contributed by atoms with E-state index in [4.69, 9.17) is 4.42 Å². The van der Waals surface area contributed by atoms with Crippen LogP contribution >= 0.6 is 11.3 Å². The van der Waals surface area contributed by atoms with E-state index in [-0.39, 0.29) is 0 Å². The Kier molecular flexibility index (Phi) is 2.76. The van der Waals surface area contributed by atoms with E-state index in [1.807, 2.05) is 26.1 Å². The first kappa shape index (κ1) is 11.2. The molecule has 4 nitrogen and oxygen atoms in total. The summed E-state index contributed by atoms with van der Waals surface area (Å²) >= 11 is 1.71. The normalized spacial score (nSPS) is 11.0. The molecular formula is C13H13N3OS. The molecule has 0 atom stereocenters. The fraction of sp³-hybridized carbons (Fsp3) is 0.231. The molecule has 3 aromatic rings. The van der Waals surface area contributed by atoms with Crippen LogP contribution in [-0.2, 0) is 6.54 Å². The van der Waals surface area contributed by atoms with Crippen molar-refractivity contribution in [3.63, 3.8) is 0 Å². The van der Waals surface area contributed by atoms with Gasteiger partial charge in [-0.15, -0.1) is 11.3 Å². The van der Waals surface area contributed by atoms with Gasteiger partial charge in [0.05, 0.1) is 12.2 Å². The highest BCUT2D eigenvalue weighted by molar-refractivity contribution is 7.17. The van der Waals surface area contributed by atoms with Crippen molar-refractivity contribution in [1.29, 1.82) is 0 Å². The molecule has 1 N–H and O–H groups in total. The molecule has 0 spiro atoms. The lowest BCUT2D eigenvalue weighted by atomic mass is 10.3. The minimum atomic E-state index is 0.552. The number of nitrogens with one attached hydrogen (secondary N) is 1. The van der Waals surface area contributed by atoms with Crippen molar-refractivity contribution in [3.05, 3.63) is 41.1 Å². The van der Waals surface area contributed by atoms with Crippen LogP contribution in [0, 0.1) is 13.8 Å². The van der Waals surface area contributed by atoms with Gasteiger partial charge in [-0.2, -0.15) is 0 Å². The summed E-state index contributed by atoms with van der Waals surface area (Å²) in [4.78, 5) is 8.69. The molecule has 0 unspecified atom stereocenters. The number of thiophene rings is 1. The fourth-order valence-electron chi connectivity index (χ4n) is 1.81. The van der Waals surface area contributed by atoms with Gasteiger partial charge in [-0.05, 0) is 31.4 Å². The van der Waals surface area contributed by atoms with E-state index in [9.17, 15) is 0 Å². The fourth-order valence-corrected chi connectivity index (χ4v) is 2.59. The third kappa shape index (κ3) is 1.97. The number of rotatable bonds is 3. The molecule has 5 heteroatoms. The third-order valence-corrected chi connectivity index (χ3v) is 3.74. The summed E-state index contributed by atoms with van der Waals surface area (Å²) in [5.74, 6) is 2.44. The molecule has 0 aliphatic heterocycles. The van der Waals surface area contributed by atoms with Crippen LogP contribution in [0.3, 0.4) is 0 Å². The molecule has 0 fully saturated rings. The summed E-state index contributed by atoms with van der Waals surface area (Å²) in [6.45, 7) is 4.42. The molecule has 3 heterocycles. The number of oxazole rings is 1. The van der Waals surface area contributed by atoms with Crippen molar-refractivity contribution in [3.8, 4) is 0 Å². The maximum absolute atomic E-state index is 5.53. The van der Waals surface area contributed by atoms with Gasteiger partial charge in [0, 0.05) is 16.3 Å². The maximum Gasteiger partial charge on any atom is 0.213 e. The van der Waals surface area contributed by atoms with Gasteiger partial charge in [0.25, 0.3) is 0 Å². The van der Waals surface area contributed by atoms with Crippen LogP contribution in [0.5, 0.6) is 0 Å². The van der Waals surface area contributed by atoms with E-state index in [1.165, 1.54) is 4.70 Å². The van der Waals surface area contributed by atoms with Gasteiger partial charge in [-0.25, -0.2) is 9.97 Å². The summed E-state index contributed by atoms with van der Waals surface area (Å²) in [5, 5.41) is 6.48. The Bertz CT molecular complexity index is 667. The zero-order valence-corrected chi connectivity index (χ0v) is 11.0. The van der Waals surface area contributed by atoms with Gasteiger partial charge in [0.1, 0.15) is 11.6 Å². The number of hydrogen-bond donors (Lipinski definition) is 1. The summed E-state index contributed by atoms with van der Waals surface area (Å²) < 4.78 is 6.76. The van der Waals surface area contributed by atoms with Crippen LogP contribution in [0.1, 0.15) is 17.3 Å². The van der Waals surface area contributed by atoms with Gasteiger partial charge >= 0.3 is 0 Å². The van der Waals surface area contributed by atoms with Gasteiger partial charge in [-0.1, -0.05) is 0 Å². The Morgan fingerprint density at radius 2 is 2.22 bits per heavy atom. The average Bonchev–Trinajstić information content (AvgIpc) is 2.94. The van der Waals surface area contributed by atoms with Crippen LogP contribution in [0.4, 0.5) is 5.82 Å². The van der Waals surface area contributed by atoms with Crippen molar-refractivity contribution in [2.24, 2.45) is 0 Å². The first-order valence-corrected chi connectivity index (χ1v) is 6.61. The van der Waals surface area contributed by atoms with Crippen molar-refractivity contribution < 1.29 is 4.42 Å². The second-order valence-corrected chi connectivity index (χ2v) is 5.04. The van der Waals surface area contributed by atoms with E-state index in [2.05, 4.69) is 26.7 Å². The molecule has 0 aliphatic rings. The van der Waals surface area contributed by atoms with Gasteiger partial charge < -0.3 is 9.73 Å². The molecule has 0 amide bonds.